The summed E-state index contributed by atoms with van der Waals surface area (Å²) in [4.78, 5) is 17.6. The van der Waals surface area contributed by atoms with Crippen molar-refractivity contribution in [2.24, 2.45) is 10.8 Å². The van der Waals surface area contributed by atoms with Crippen molar-refractivity contribution in [3.05, 3.63) is 35.0 Å². The molecular formula is C23H35N5OS. The predicted octanol–water partition coefficient (Wildman–Crippen LogP) is 5.13. The van der Waals surface area contributed by atoms with Gasteiger partial charge in [-0.3, -0.25) is 4.79 Å². The molecule has 3 N–H and O–H groups in total. The Kier molecular flexibility index (Phi) is 6.70. The van der Waals surface area contributed by atoms with Crippen LogP contribution in [-0.2, 0) is 0 Å². The molecule has 0 aromatic carbocycles. The molecule has 2 aromatic rings. The Hall–Kier alpha value is -2.15. The number of hydrogen-bond acceptors (Lipinski definition) is 6. The van der Waals surface area contributed by atoms with Crippen LogP contribution in [0.5, 0.6) is 0 Å². The minimum absolute atomic E-state index is 0.0342. The lowest BCUT2D eigenvalue weighted by Crippen LogP contribution is -2.48. The molecular weight excluding hydrogens is 394 g/mol. The highest BCUT2D eigenvalue weighted by atomic mass is 32.1. The van der Waals surface area contributed by atoms with Gasteiger partial charge in [-0.15, -0.1) is 0 Å². The van der Waals surface area contributed by atoms with E-state index in [1.807, 2.05) is 7.05 Å². The van der Waals surface area contributed by atoms with Gasteiger partial charge >= 0.3 is 0 Å². The first kappa shape index (κ1) is 22.5. The average molecular weight is 430 g/mol. The van der Waals surface area contributed by atoms with Crippen LogP contribution in [0.3, 0.4) is 0 Å². The van der Waals surface area contributed by atoms with Crippen LogP contribution in [0.2, 0.25) is 0 Å². The molecule has 30 heavy (non-hydrogen) atoms. The first-order chi connectivity index (χ1) is 14.1. The molecule has 0 bridgehead atoms. The van der Waals surface area contributed by atoms with Crippen molar-refractivity contribution in [2.75, 3.05) is 24.2 Å². The molecule has 1 fully saturated rings. The largest absolute Gasteiger partial charge is 0.382 e. The van der Waals surface area contributed by atoms with Crippen LogP contribution in [0, 0.1) is 10.8 Å². The summed E-state index contributed by atoms with van der Waals surface area (Å²) in [6, 6.07) is 4.36. The Morgan fingerprint density at radius 2 is 2.07 bits per heavy atom. The van der Waals surface area contributed by atoms with Crippen LogP contribution >= 0.6 is 11.5 Å². The van der Waals surface area contributed by atoms with Gasteiger partial charge in [-0.25, -0.2) is 9.36 Å². The molecule has 6 nitrogen and oxygen atoms in total. The maximum atomic E-state index is 12.6. The van der Waals surface area contributed by atoms with E-state index in [0.29, 0.717) is 11.5 Å². The van der Waals surface area contributed by atoms with E-state index >= 15 is 0 Å². The van der Waals surface area contributed by atoms with Gasteiger partial charge in [0.25, 0.3) is 5.91 Å². The second-order valence-corrected chi connectivity index (χ2v) is 10.9. The number of carbonyl (C=O) groups is 1. The van der Waals surface area contributed by atoms with Gasteiger partial charge in [0.2, 0.25) is 0 Å². The molecule has 7 heteroatoms. The minimum atomic E-state index is -0.0342. The fourth-order valence-corrected chi connectivity index (χ4v) is 4.44. The van der Waals surface area contributed by atoms with Gasteiger partial charge in [0.1, 0.15) is 5.82 Å². The molecule has 2 atom stereocenters. The Labute approximate surface area is 184 Å². The van der Waals surface area contributed by atoms with Crippen LogP contribution < -0.4 is 16.0 Å². The number of nitrogens with one attached hydrogen (secondary N) is 3. The smallest absolute Gasteiger partial charge is 0.253 e. The van der Waals surface area contributed by atoms with Gasteiger partial charge in [-0.05, 0) is 53.8 Å². The maximum absolute atomic E-state index is 12.6. The maximum Gasteiger partial charge on any atom is 0.253 e. The molecule has 0 radical (unpaired) electrons. The quantitative estimate of drug-likeness (QED) is 0.593. The van der Waals surface area contributed by atoms with Crippen molar-refractivity contribution < 1.29 is 4.79 Å². The number of amides is 1. The molecule has 2 heterocycles. The fourth-order valence-electron chi connectivity index (χ4n) is 3.92. The number of rotatable bonds is 6. The molecule has 1 amide bonds. The first-order valence-electron chi connectivity index (χ1n) is 10.7. The molecule has 0 spiro atoms. The van der Waals surface area contributed by atoms with Gasteiger partial charge in [-0.2, -0.15) is 0 Å². The van der Waals surface area contributed by atoms with Crippen LogP contribution in [0.15, 0.2) is 23.7 Å². The normalized spacial score (nSPS) is 21.1. The fraction of sp³-hybridized carbons (Fsp3) is 0.609. The zero-order chi connectivity index (χ0) is 21.9. The van der Waals surface area contributed by atoms with Crippen molar-refractivity contribution in [3.63, 3.8) is 0 Å². The summed E-state index contributed by atoms with van der Waals surface area (Å²) in [5.74, 6) is 1.17. The van der Waals surface area contributed by atoms with E-state index in [0.717, 1.165) is 43.0 Å². The van der Waals surface area contributed by atoms with Gasteiger partial charge in [0.05, 0.1) is 17.4 Å². The van der Waals surface area contributed by atoms with Gasteiger partial charge in [0.15, 0.2) is 0 Å². The second kappa shape index (κ2) is 8.92. The number of nitrogens with zero attached hydrogens (tertiary/aromatic N) is 2. The molecule has 3 rings (SSSR count). The molecule has 1 aliphatic carbocycles. The van der Waals surface area contributed by atoms with Crippen molar-refractivity contribution >= 4 is 28.9 Å². The Bertz CT molecular complexity index is 857. The van der Waals surface area contributed by atoms with E-state index in [4.69, 9.17) is 4.98 Å². The third kappa shape index (κ3) is 5.50. The van der Waals surface area contributed by atoms with Crippen LogP contribution in [0.4, 0.5) is 11.5 Å². The third-order valence-electron chi connectivity index (χ3n) is 5.98. The number of aromatic nitrogens is 2. The summed E-state index contributed by atoms with van der Waals surface area (Å²) >= 11 is 1.30. The van der Waals surface area contributed by atoms with Crippen LogP contribution in [0.1, 0.15) is 75.9 Å². The van der Waals surface area contributed by atoms with Gasteiger partial charge < -0.3 is 16.0 Å². The third-order valence-corrected chi connectivity index (χ3v) is 6.57. The molecule has 0 saturated heterocycles. The van der Waals surface area contributed by atoms with E-state index in [1.165, 1.54) is 11.5 Å². The highest BCUT2D eigenvalue weighted by Crippen LogP contribution is 2.43. The highest BCUT2D eigenvalue weighted by molar-refractivity contribution is 7.03. The highest BCUT2D eigenvalue weighted by Gasteiger charge is 2.38. The molecule has 1 saturated carbocycles. The van der Waals surface area contributed by atoms with Crippen LogP contribution in [0.25, 0.3) is 0 Å². The number of pyridine rings is 1. The zero-order valence-electron chi connectivity index (χ0n) is 19.0. The van der Waals surface area contributed by atoms with Crippen molar-refractivity contribution in [1.29, 1.82) is 0 Å². The monoisotopic (exact) mass is 429 g/mol. The first-order valence-corrected chi connectivity index (χ1v) is 11.6. The van der Waals surface area contributed by atoms with E-state index in [1.54, 1.807) is 11.6 Å². The van der Waals surface area contributed by atoms with E-state index in [2.05, 4.69) is 67.1 Å². The lowest BCUT2D eigenvalue weighted by Gasteiger charge is -2.42. The van der Waals surface area contributed by atoms with E-state index < -0.39 is 0 Å². The Balaban J connectivity index is 1.74. The van der Waals surface area contributed by atoms with E-state index in [-0.39, 0.29) is 22.8 Å². The summed E-state index contributed by atoms with van der Waals surface area (Å²) in [7, 11) is 1.91. The number of hydrogen-bond donors (Lipinski definition) is 3. The molecule has 164 valence electrons. The van der Waals surface area contributed by atoms with Gasteiger partial charge in [0, 0.05) is 36.6 Å². The van der Waals surface area contributed by atoms with Gasteiger partial charge in [-0.1, -0.05) is 34.6 Å². The summed E-state index contributed by atoms with van der Waals surface area (Å²) in [5, 5.41) is 11.8. The van der Waals surface area contributed by atoms with Crippen molar-refractivity contribution in [3.8, 4) is 0 Å². The summed E-state index contributed by atoms with van der Waals surface area (Å²) in [5.41, 5.74) is 3.01. The second-order valence-electron chi connectivity index (χ2n) is 10.2. The number of anilines is 2. The Morgan fingerprint density at radius 1 is 1.30 bits per heavy atom. The molecule has 0 aliphatic heterocycles. The minimum Gasteiger partial charge on any atom is -0.382 e. The summed E-state index contributed by atoms with van der Waals surface area (Å²) in [6.45, 7) is 12.0. The lowest BCUT2D eigenvalue weighted by molar-refractivity contribution is 0.0837. The summed E-state index contributed by atoms with van der Waals surface area (Å²) < 4.78 is 4.05. The predicted molar refractivity (Wildman–Crippen MR) is 125 cm³/mol. The number of carbonyl (C=O) groups excluding carboxylic acids is 1. The lowest BCUT2D eigenvalue weighted by atomic mass is 9.68. The molecule has 2 unspecified atom stereocenters. The zero-order valence-corrected chi connectivity index (χ0v) is 19.8. The van der Waals surface area contributed by atoms with Crippen molar-refractivity contribution in [1.82, 2.24) is 14.7 Å². The SMILES string of the molecule is CNc1nc(C2CCC(C)(C)C(NC(=O)c3cnsc3)C2)ccc1NCC(C)(C)C. The summed E-state index contributed by atoms with van der Waals surface area (Å²) in [6.07, 6.45) is 4.65. The van der Waals surface area contributed by atoms with E-state index in [9.17, 15) is 4.79 Å². The Morgan fingerprint density at radius 3 is 2.70 bits per heavy atom. The topological polar surface area (TPSA) is 78.9 Å². The molecule has 1 aliphatic rings. The molecule has 2 aromatic heterocycles. The standard InChI is InChI=1S/C23H35N5OS/c1-22(2,3)14-25-18-8-7-17(27-20(18)24-6)15-9-10-23(4,5)19(11-15)28-21(29)16-12-26-30-13-16/h7-8,12-13,15,19,25H,9-11,14H2,1-6H3,(H,24,27)(H,28,29). The van der Waals surface area contributed by atoms with Crippen molar-refractivity contribution in [2.45, 2.75) is 65.8 Å². The van der Waals surface area contributed by atoms with Crippen LogP contribution in [-0.4, -0.2) is 34.9 Å². The average Bonchev–Trinajstić information content (AvgIpc) is 3.22.